The maximum Gasteiger partial charge on any atom is 0.306 e. The highest BCUT2D eigenvalue weighted by Gasteiger charge is 2.23. The SMILES string of the molecule is CCCCCCCCCCCC(=O)CC(CCCCCCCCCCC)C(C)OC(=O)CCCCCCCCCCC. The minimum Gasteiger partial charge on any atom is -0.462 e. The Kier molecular flexibility index (Phi) is 32.4. The molecule has 0 heterocycles. The van der Waals surface area contributed by atoms with Gasteiger partial charge in [-0.15, -0.1) is 0 Å². The zero-order valence-electron chi connectivity index (χ0n) is 29.3. The van der Waals surface area contributed by atoms with Crippen LogP contribution in [0.3, 0.4) is 0 Å². The Hall–Kier alpha value is -0.860. The second-order valence-corrected chi connectivity index (χ2v) is 13.5. The van der Waals surface area contributed by atoms with Crippen LogP contribution in [-0.2, 0) is 14.3 Å². The van der Waals surface area contributed by atoms with Crippen LogP contribution in [0.2, 0.25) is 0 Å². The van der Waals surface area contributed by atoms with Crippen molar-refractivity contribution in [1.29, 1.82) is 0 Å². The third kappa shape index (κ3) is 29.2. The number of unbranched alkanes of at least 4 members (excludes halogenated alkanes) is 24. The highest BCUT2D eigenvalue weighted by atomic mass is 16.5. The van der Waals surface area contributed by atoms with Crippen molar-refractivity contribution >= 4 is 11.8 Å². The summed E-state index contributed by atoms with van der Waals surface area (Å²) in [5.74, 6) is 0.488. The minimum absolute atomic E-state index is 0.0612. The first-order valence-corrected chi connectivity index (χ1v) is 19.3. The van der Waals surface area contributed by atoms with Crippen molar-refractivity contribution in [3.05, 3.63) is 0 Å². The van der Waals surface area contributed by atoms with Gasteiger partial charge in [-0.25, -0.2) is 0 Å². The summed E-state index contributed by atoms with van der Waals surface area (Å²) in [5, 5.41) is 0. The van der Waals surface area contributed by atoms with Gasteiger partial charge in [0.2, 0.25) is 0 Å². The molecule has 0 radical (unpaired) electrons. The van der Waals surface area contributed by atoms with Crippen LogP contribution >= 0.6 is 0 Å². The van der Waals surface area contributed by atoms with E-state index in [1.807, 2.05) is 6.92 Å². The number of hydrogen-bond donors (Lipinski definition) is 0. The molecule has 42 heavy (non-hydrogen) atoms. The van der Waals surface area contributed by atoms with E-state index >= 15 is 0 Å². The van der Waals surface area contributed by atoms with E-state index in [-0.39, 0.29) is 18.0 Å². The maximum absolute atomic E-state index is 12.9. The van der Waals surface area contributed by atoms with Crippen LogP contribution in [0.25, 0.3) is 0 Å². The van der Waals surface area contributed by atoms with Crippen LogP contribution < -0.4 is 0 Å². The van der Waals surface area contributed by atoms with Gasteiger partial charge in [0, 0.05) is 25.2 Å². The molecule has 0 aromatic rings. The fourth-order valence-corrected chi connectivity index (χ4v) is 6.19. The molecular formula is C39H76O3. The van der Waals surface area contributed by atoms with Crippen LogP contribution in [0.5, 0.6) is 0 Å². The fourth-order valence-electron chi connectivity index (χ4n) is 6.19. The summed E-state index contributed by atoms with van der Waals surface area (Å²) in [6.07, 6.45) is 37.2. The number of ketones is 1. The molecule has 0 rings (SSSR count). The van der Waals surface area contributed by atoms with Gasteiger partial charge < -0.3 is 4.74 Å². The predicted octanol–water partition coefficient (Wildman–Crippen LogP) is 13.3. The highest BCUT2D eigenvalue weighted by molar-refractivity contribution is 5.78. The Balaban J connectivity index is 4.36. The van der Waals surface area contributed by atoms with Gasteiger partial charge in [0.15, 0.2) is 0 Å². The van der Waals surface area contributed by atoms with Gasteiger partial charge >= 0.3 is 5.97 Å². The summed E-state index contributed by atoms with van der Waals surface area (Å²) in [6, 6.07) is 0. The summed E-state index contributed by atoms with van der Waals surface area (Å²) in [5.41, 5.74) is 0. The quantitative estimate of drug-likeness (QED) is 0.0551. The van der Waals surface area contributed by atoms with Crippen molar-refractivity contribution < 1.29 is 14.3 Å². The highest BCUT2D eigenvalue weighted by Crippen LogP contribution is 2.24. The van der Waals surface area contributed by atoms with E-state index in [4.69, 9.17) is 4.74 Å². The molecule has 0 aliphatic carbocycles. The van der Waals surface area contributed by atoms with Gasteiger partial charge in [0.25, 0.3) is 0 Å². The normalized spacial score (nSPS) is 12.9. The predicted molar refractivity (Wildman–Crippen MR) is 184 cm³/mol. The largest absolute Gasteiger partial charge is 0.462 e. The Labute approximate surface area is 264 Å². The van der Waals surface area contributed by atoms with E-state index in [1.54, 1.807) is 0 Å². The van der Waals surface area contributed by atoms with Crippen LogP contribution in [0.4, 0.5) is 0 Å². The number of Topliss-reactive ketones (excluding diaryl/α,β-unsaturated/α-hetero) is 1. The van der Waals surface area contributed by atoms with Gasteiger partial charge in [-0.1, -0.05) is 181 Å². The Morgan fingerprint density at radius 2 is 0.786 bits per heavy atom. The molecule has 0 aromatic carbocycles. The molecule has 0 bridgehead atoms. The summed E-state index contributed by atoms with van der Waals surface area (Å²) in [7, 11) is 0. The smallest absolute Gasteiger partial charge is 0.306 e. The van der Waals surface area contributed by atoms with Crippen LogP contribution in [0, 0.1) is 5.92 Å². The van der Waals surface area contributed by atoms with E-state index in [0.717, 1.165) is 32.1 Å². The van der Waals surface area contributed by atoms with E-state index in [0.29, 0.717) is 25.0 Å². The monoisotopic (exact) mass is 593 g/mol. The first kappa shape index (κ1) is 41.1. The average molecular weight is 593 g/mol. The molecule has 0 saturated heterocycles. The number of esters is 1. The molecule has 0 fully saturated rings. The van der Waals surface area contributed by atoms with E-state index in [1.165, 1.54) is 148 Å². The van der Waals surface area contributed by atoms with Crippen molar-refractivity contribution in [3.8, 4) is 0 Å². The van der Waals surface area contributed by atoms with Gasteiger partial charge in [0.1, 0.15) is 11.9 Å². The van der Waals surface area contributed by atoms with Gasteiger partial charge in [-0.2, -0.15) is 0 Å². The van der Waals surface area contributed by atoms with Gasteiger partial charge in [-0.3, -0.25) is 9.59 Å². The number of carbonyl (C=O) groups is 2. The van der Waals surface area contributed by atoms with Crippen molar-refractivity contribution in [3.63, 3.8) is 0 Å². The maximum atomic E-state index is 12.9. The van der Waals surface area contributed by atoms with E-state index < -0.39 is 0 Å². The standard InChI is InChI=1S/C39H76O3/c1-5-8-11-14-17-20-23-26-29-32-37(35-38(40)33-30-27-24-21-18-15-12-9-6-2)36(4)42-39(41)34-31-28-25-22-19-16-13-10-7-3/h36-37H,5-35H2,1-4H3. The number of carbonyl (C=O) groups excluding carboxylic acids is 2. The Morgan fingerprint density at radius 1 is 0.452 bits per heavy atom. The zero-order valence-corrected chi connectivity index (χ0v) is 29.3. The third-order valence-corrected chi connectivity index (χ3v) is 9.19. The Morgan fingerprint density at radius 3 is 1.19 bits per heavy atom. The van der Waals surface area contributed by atoms with Crippen LogP contribution in [0.15, 0.2) is 0 Å². The van der Waals surface area contributed by atoms with E-state index in [9.17, 15) is 9.59 Å². The molecule has 0 saturated carbocycles. The second-order valence-electron chi connectivity index (χ2n) is 13.5. The molecule has 3 heteroatoms. The number of ether oxygens (including phenoxy) is 1. The second kappa shape index (κ2) is 33.0. The molecule has 2 unspecified atom stereocenters. The van der Waals surface area contributed by atoms with Crippen LogP contribution in [-0.4, -0.2) is 17.9 Å². The lowest BCUT2D eigenvalue weighted by Crippen LogP contribution is -2.26. The number of rotatable bonds is 34. The molecule has 0 aromatic heterocycles. The summed E-state index contributed by atoms with van der Waals surface area (Å²) in [4.78, 5) is 25.5. The molecule has 0 aliphatic rings. The van der Waals surface area contributed by atoms with Crippen molar-refractivity contribution in [2.45, 2.75) is 233 Å². The molecule has 0 aliphatic heterocycles. The lowest BCUT2D eigenvalue weighted by atomic mass is 9.89. The number of hydrogen-bond acceptors (Lipinski definition) is 3. The molecule has 2 atom stereocenters. The third-order valence-electron chi connectivity index (χ3n) is 9.19. The topological polar surface area (TPSA) is 43.4 Å². The summed E-state index contributed by atoms with van der Waals surface area (Å²) >= 11 is 0. The molecule has 3 nitrogen and oxygen atoms in total. The lowest BCUT2D eigenvalue weighted by Gasteiger charge is -2.24. The minimum atomic E-state index is -0.155. The van der Waals surface area contributed by atoms with Crippen LogP contribution in [0.1, 0.15) is 227 Å². The van der Waals surface area contributed by atoms with Crippen molar-refractivity contribution in [2.75, 3.05) is 0 Å². The van der Waals surface area contributed by atoms with Crippen molar-refractivity contribution in [2.24, 2.45) is 5.92 Å². The molecule has 0 amide bonds. The molecule has 0 spiro atoms. The average Bonchev–Trinajstić information content (AvgIpc) is 2.97. The van der Waals surface area contributed by atoms with Crippen molar-refractivity contribution in [1.82, 2.24) is 0 Å². The lowest BCUT2D eigenvalue weighted by molar-refractivity contribution is -0.152. The molecular weight excluding hydrogens is 516 g/mol. The molecule has 250 valence electrons. The zero-order chi connectivity index (χ0) is 30.9. The van der Waals surface area contributed by atoms with E-state index in [2.05, 4.69) is 20.8 Å². The summed E-state index contributed by atoms with van der Waals surface area (Å²) in [6.45, 7) is 8.84. The first-order valence-electron chi connectivity index (χ1n) is 19.3. The van der Waals surface area contributed by atoms with Gasteiger partial charge in [0.05, 0.1) is 0 Å². The van der Waals surface area contributed by atoms with Gasteiger partial charge in [-0.05, 0) is 26.2 Å². The summed E-state index contributed by atoms with van der Waals surface area (Å²) < 4.78 is 5.93. The Bertz CT molecular complexity index is 572. The molecule has 0 N–H and O–H groups in total. The fraction of sp³-hybridized carbons (Fsp3) is 0.949. The first-order chi connectivity index (χ1) is 20.5.